The third kappa shape index (κ3) is 6.54. The van der Waals surface area contributed by atoms with Gasteiger partial charge in [0.05, 0.1) is 11.4 Å². The Morgan fingerprint density at radius 1 is 1.15 bits per heavy atom. The Morgan fingerprint density at radius 3 is 2.70 bits per heavy atom. The minimum atomic E-state index is -0.508. The zero-order chi connectivity index (χ0) is 23.8. The number of rotatable bonds is 3. The number of benzodiazepines with no additional fused rings is 1. The number of benzene rings is 2. The Bertz CT molecular complexity index is 1210. The third-order valence-electron chi connectivity index (χ3n) is 4.93. The van der Waals surface area contributed by atoms with E-state index in [9.17, 15) is 9.59 Å². The molecule has 0 aromatic heterocycles. The predicted octanol–water partition coefficient (Wildman–Crippen LogP) is 5.39. The molecule has 0 radical (unpaired) electrons. The van der Waals surface area contributed by atoms with Crippen molar-refractivity contribution in [3.63, 3.8) is 0 Å². The Morgan fingerprint density at radius 2 is 1.94 bits per heavy atom. The van der Waals surface area contributed by atoms with Gasteiger partial charge in [0, 0.05) is 28.7 Å². The van der Waals surface area contributed by atoms with E-state index in [1.54, 1.807) is 36.2 Å². The molecule has 7 heteroatoms. The lowest BCUT2D eigenvalue weighted by molar-refractivity contribution is -0.117. The number of carbonyl (C=O) groups excluding carboxylic acids is 2. The number of fused-ring (bicyclic) bond motifs is 1. The number of nitrogens with zero attached hydrogens (tertiary/aromatic N) is 2. The number of likely N-dealkylation sites (N-methyl/N-ethyl adjacent to an activating group) is 1. The molecular formula is C26H23Cl2N3O2. The van der Waals surface area contributed by atoms with Crippen LogP contribution in [0.4, 0.5) is 5.69 Å². The molecule has 168 valence electrons. The topological polar surface area (TPSA) is 75.8 Å². The van der Waals surface area contributed by atoms with Crippen LogP contribution in [0.25, 0.3) is 6.08 Å². The fourth-order valence-electron chi connectivity index (χ4n) is 3.25. The number of para-hydroxylation sites is 1. The molecule has 2 N–H and O–H groups in total. The van der Waals surface area contributed by atoms with Crippen LogP contribution in [0.1, 0.15) is 17.5 Å². The van der Waals surface area contributed by atoms with E-state index in [2.05, 4.69) is 23.2 Å². The number of amides is 2. The Kier molecular flexibility index (Phi) is 8.41. The second kappa shape index (κ2) is 11.5. The standard InChI is InChI=1S/C17H16N2O.C9H7Cl2NO/c1-19-15-11-7-6-10-14(15)17(18-12-16(19)20)13-8-4-2-3-5-9-13;10-7-3-1-6(8(11)5-7)2-4-9(12)13/h2-4,6-11H,5,12H2,1H3;1-5H,(H2,12,13)/b;4-2+. The maximum Gasteiger partial charge on any atom is 0.248 e. The number of hydrogen-bond donors (Lipinski definition) is 1. The number of allylic oxidation sites excluding steroid dienone is 6. The molecule has 0 atom stereocenters. The van der Waals surface area contributed by atoms with E-state index >= 15 is 0 Å². The van der Waals surface area contributed by atoms with Crippen LogP contribution in [0.5, 0.6) is 0 Å². The van der Waals surface area contributed by atoms with Crippen LogP contribution in [-0.2, 0) is 9.59 Å². The molecule has 33 heavy (non-hydrogen) atoms. The van der Waals surface area contributed by atoms with Crippen molar-refractivity contribution in [2.45, 2.75) is 6.42 Å². The van der Waals surface area contributed by atoms with Crippen molar-refractivity contribution < 1.29 is 9.59 Å². The average molecular weight is 480 g/mol. The van der Waals surface area contributed by atoms with Crippen LogP contribution in [-0.4, -0.2) is 31.1 Å². The second-order valence-corrected chi connectivity index (χ2v) is 8.06. The molecule has 0 spiro atoms. The maximum atomic E-state index is 12.0. The highest BCUT2D eigenvalue weighted by Gasteiger charge is 2.22. The summed E-state index contributed by atoms with van der Waals surface area (Å²) in [6.45, 7) is 0.194. The first-order valence-electron chi connectivity index (χ1n) is 10.2. The van der Waals surface area contributed by atoms with Gasteiger partial charge in [-0.15, -0.1) is 0 Å². The number of nitrogens with two attached hydrogens (primary N) is 1. The molecule has 0 saturated carbocycles. The van der Waals surface area contributed by atoms with Gasteiger partial charge >= 0.3 is 0 Å². The van der Waals surface area contributed by atoms with E-state index in [4.69, 9.17) is 28.9 Å². The molecule has 1 aliphatic carbocycles. The summed E-state index contributed by atoms with van der Waals surface area (Å²) in [5.74, 6) is -0.491. The minimum absolute atomic E-state index is 0.0174. The van der Waals surface area contributed by atoms with Crippen LogP contribution in [0.2, 0.25) is 10.0 Å². The first-order valence-corrected chi connectivity index (χ1v) is 11.0. The monoisotopic (exact) mass is 479 g/mol. The molecule has 2 amide bonds. The summed E-state index contributed by atoms with van der Waals surface area (Å²) in [6, 6.07) is 12.9. The molecule has 0 fully saturated rings. The second-order valence-electron chi connectivity index (χ2n) is 7.22. The number of aliphatic imine (C=N–C) groups is 1. The molecule has 2 aromatic carbocycles. The van der Waals surface area contributed by atoms with Crippen molar-refractivity contribution in [1.29, 1.82) is 0 Å². The summed E-state index contributed by atoms with van der Waals surface area (Å²) in [7, 11) is 1.80. The van der Waals surface area contributed by atoms with E-state index in [1.165, 1.54) is 6.08 Å². The molecule has 5 nitrogen and oxygen atoms in total. The fraction of sp³-hybridized carbons (Fsp3) is 0.115. The van der Waals surface area contributed by atoms with Crippen LogP contribution in [0.15, 0.2) is 89.5 Å². The van der Waals surface area contributed by atoms with Crippen molar-refractivity contribution in [2.24, 2.45) is 10.7 Å². The van der Waals surface area contributed by atoms with E-state index in [1.807, 2.05) is 36.4 Å². The fourth-order valence-corrected chi connectivity index (χ4v) is 3.72. The van der Waals surface area contributed by atoms with Crippen molar-refractivity contribution in [2.75, 3.05) is 18.5 Å². The SMILES string of the molecule is CN1C(=O)CN=C(C2=CCC=CC=C2)c2ccccc21.NC(=O)/C=C/c1ccc(Cl)cc1Cl. The van der Waals surface area contributed by atoms with E-state index < -0.39 is 5.91 Å². The molecule has 2 aromatic rings. The summed E-state index contributed by atoms with van der Waals surface area (Å²) in [6.07, 6.45) is 14.0. The summed E-state index contributed by atoms with van der Waals surface area (Å²) in [5.41, 5.74) is 9.54. The molecule has 0 unspecified atom stereocenters. The lowest BCUT2D eigenvalue weighted by Gasteiger charge is -2.17. The first-order chi connectivity index (χ1) is 15.9. The third-order valence-corrected chi connectivity index (χ3v) is 5.49. The molecular weight excluding hydrogens is 457 g/mol. The number of primary amides is 1. The highest BCUT2D eigenvalue weighted by atomic mass is 35.5. The Balaban J connectivity index is 0.000000205. The Hall–Kier alpha value is -3.41. The van der Waals surface area contributed by atoms with Gasteiger partial charge in [-0.2, -0.15) is 0 Å². The van der Waals surface area contributed by atoms with Crippen LogP contribution in [0.3, 0.4) is 0 Å². The molecule has 1 heterocycles. The zero-order valence-electron chi connectivity index (χ0n) is 18.0. The van der Waals surface area contributed by atoms with Crippen molar-refractivity contribution in [3.05, 3.63) is 106 Å². The lowest BCUT2D eigenvalue weighted by atomic mass is 9.99. The maximum absolute atomic E-state index is 12.0. The molecule has 0 saturated heterocycles. The number of hydrogen-bond acceptors (Lipinski definition) is 3. The summed E-state index contributed by atoms with van der Waals surface area (Å²) >= 11 is 11.5. The number of anilines is 1. The van der Waals surface area contributed by atoms with Gasteiger partial charge in [-0.1, -0.05) is 77.8 Å². The zero-order valence-corrected chi connectivity index (χ0v) is 19.6. The van der Waals surface area contributed by atoms with Crippen LogP contribution in [0, 0.1) is 0 Å². The smallest absolute Gasteiger partial charge is 0.248 e. The van der Waals surface area contributed by atoms with Crippen LogP contribution >= 0.6 is 23.2 Å². The van der Waals surface area contributed by atoms with Gasteiger partial charge in [-0.3, -0.25) is 14.6 Å². The highest BCUT2D eigenvalue weighted by molar-refractivity contribution is 6.35. The number of halogens is 2. The summed E-state index contributed by atoms with van der Waals surface area (Å²) in [5, 5.41) is 1.05. The van der Waals surface area contributed by atoms with Gasteiger partial charge in [0.15, 0.2) is 0 Å². The summed E-state index contributed by atoms with van der Waals surface area (Å²) in [4.78, 5) is 28.7. The van der Waals surface area contributed by atoms with Crippen molar-refractivity contribution in [3.8, 4) is 0 Å². The number of carbonyl (C=O) groups is 2. The molecule has 2 aliphatic rings. The Labute approximate surface area is 203 Å². The highest BCUT2D eigenvalue weighted by Crippen LogP contribution is 2.26. The van der Waals surface area contributed by atoms with E-state index in [-0.39, 0.29) is 12.5 Å². The van der Waals surface area contributed by atoms with Gasteiger partial charge in [0.1, 0.15) is 6.54 Å². The largest absolute Gasteiger partial charge is 0.366 e. The van der Waals surface area contributed by atoms with Crippen LogP contribution < -0.4 is 10.6 Å². The predicted molar refractivity (Wildman–Crippen MR) is 137 cm³/mol. The van der Waals surface area contributed by atoms with Gasteiger partial charge in [-0.05, 0) is 41.8 Å². The van der Waals surface area contributed by atoms with E-state index in [0.717, 1.165) is 29.0 Å². The molecule has 4 rings (SSSR count). The first kappa shape index (κ1) is 24.2. The quantitative estimate of drug-likeness (QED) is 0.599. The van der Waals surface area contributed by atoms with Gasteiger partial charge < -0.3 is 10.6 Å². The normalized spacial score (nSPS) is 15.1. The minimum Gasteiger partial charge on any atom is -0.366 e. The van der Waals surface area contributed by atoms with E-state index in [0.29, 0.717) is 15.6 Å². The average Bonchev–Trinajstić information content (AvgIpc) is 3.13. The van der Waals surface area contributed by atoms with Gasteiger partial charge in [0.25, 0.3) is 0 Å². The molecule has 1 aliphatic heterocycles. The molecule has 0 bridgehead atoms. The summed E-state index contributed by atoms with van der Waals surface area (Å²) < 4.78 is 0. The van der Waals surface area contributed by atoms with Gasteiger partial charge in [-0.25, -0.2) is 0 Å². The lowest BCUT2D eigenvalue weighted by Crippen LogP contribution is -2.27. The van der Waals surface area contributed by atoms with Crippen molar-refractivity contribution >= 4 is 52.5 Å². The van der Waals surface area contributed by atoms with Gasteiger partial charge in [0.2, 0.25) is 11.8 Å². The van der Waals surface area contributed by atoms with Crippen molar-refractivity contribution in [1.82, 2.24) is 0 Å².